The number of ketones is 1. The van der Waals surface area contributed by atoms with Gasteiger partial charge in [0.25, 0.3) is 0 Å². The average Bonchev–Trinajstić information content (AvgIpc) is 2.52. The average molecular weight is 319 g/mol. The molecule has 130 valence electrons. The van der Waals surface area contributed by atoms with E-state index in [4.69, 9.17) is 4.74 Å². The molecule has 0 heterocycles. The van der Waals surface area contributed by atoms with Gasteiger partial charge >= 0.3 is 0 Å². The van der Waals surface area contributed by atoms with Gasteiger partial charge in [-0.1, -0.05) is 40.0 Å². The van der Waals surface area contributed by atoms with Crippen molar-refractivity contribution >= 4 is 5.78 Å². The van der Waals surface area contributed by atoms with Gasteiger partial charge in [0.2, 0.25) is 0 Å². The quantitative estimate of drug-likeness (QED) is 0.439. The number of ether oxygens (including phenoxy) is 1. The third-order valence-electron chi connectivity index (χ3n) is 4.11. The molecule has 0 radical (unpaired) electrons. The minimum Gasteiger partial charge on any atom is -0.494 e. The fourth-order valence-electron chi connectivity index (χ4n) is 2.64. The van der Waals surface area contributed by atoms with Crippen molar-refractivity contribution in [1.29, 1.82) is 0 Å². The maximum Gasteiger partial charge on any atom is 0.167 e. The van der Waals surface area contributed by atoms with Crippen LogP contribution in [0.3, 0.4) is 0 Å². The second-order valence-electron chi connectivity index (χ2n) is 6.91. The number of carbonyl (C=O) groups excluding carboxylic acids is 1. The highest BCUT2D eigenvalue weighted by molar-refractivity contribution is 5.98. The van der Waals surface area contributed by atoms with Gasteiger partial charge in [0.05, 0.1) is 6.61 Å². The van der Waals surface area contributed by atoms with E-state index >= 15 is 0 Å². The third-order valence-corrected chi connectivity index (χ3v) is 4.11. The first-order valence-corrected chi connectivity index (χ1v) is 8.87. The van der Waals surface area contributed by atoms with E-state index in [1.165, 1.54) is 19.3 Å². The summed E-state index contributed by atoms with van der Waals surface area (Å²) in [6.45, 7) is 7.96. The number of hydrogen-bond donors (Lipinski definition) is 0. The zero-order valence-electron chi connectivity index (χ0n) is 15.5. The van der Waals surface area contributed by atoms with Crippen molar-refractivity contribution in [2.45, 2.75) is 46.5 Å². The molecule has 0 aromatic heterocycles. The van der Waals surface area contributed by atoms with Crippen molar-refractivity contribution in [3.05, 3.63) is 29.8 Å². The van der Waals surface area contributed by atoms with Gasteiger partial charge in [0.1, 0.15) is 5.75 Å². The molecule has 0 aliphatic rings. The van der Waals surface area contributed by atoms with Crippen molar-refractivity contribution in [3.63, 3.8) is 0 Å². The van der Waals surface area contributed by atoms with E-state index in [9.17, 15) is 4.79 Å². The van der Waals surface area contributed by atoms with Crippen molar-refractivity contribution < 1.29 is 9.53 Å². The fraction of sp³-hybridized carbons (Fsp3) is 0.650. The highest BCUT2D eigenvalue weighted by Crippen LogP contribution is 2.20. The first-order chi connectivity index (χ1) is 11.0. The van der Waals surface area contributed by atoms with Crippen molar-refractivity contribution in [1.82, 2.24) is 4.90 Å². The van der Waals surface area contributed by atoms with E-state index in [2.05, 4.69) is 25.7 Å². The minimum absolute atomic E-state index is 0.0332. The van der Waals surface area contributed by atoms with E-state index in [1.807, 2.05) is 38.4 Å². The Kier molecular flexibility index (Phi) is 8.93. The number of carbonyl (C=O) groups is 1. The van der Waals surface area contributed by atoms with Gasteiger partial charge in [-0.2, -0.15) is 0 Å². The standard InChI is InChI=1S/C20H33NO2/c1-6-7-8-9-14-23-18-12-10-17(11-13-18)20(22)19(16(2)3)15-21(4)5/h10-13,16,19H,6-9,14-15H2,1-5H3. The molecular formula is C20H33NO2. The summed E-state index contributed by atoms with van der Waals surface area (Å²) in [5, 5.41) is 0. The molecule has 1 aromatic rings. The molecule has 0 fully saturated rings. The Bertz CT molecular complexity index is 451. The van der Waals surface area contributed by atoms with Gasteiger partial charge < -0.3 is 9.64 Å². The Morgan fingerprint density at radius 1 is 1.09 bits per heavy atom. The summed E-state index contributed by atoms with van der Waals surface area (Å²) in [5.74, 6) is 1.44. The SMILES string of the molecule is CCCCCCOc1ccc(C(=O)C(CN(C)C)C(C)C)cc1. The normalized spacial score (nSPS) is 12.7. The molecular weight excluding hydrogens is 286 g/mol. The number of benzene rings is 1. The van der Waals surface area contributed by atoms with Gasteiger partial charge in [-0.3, -0.25) is 4.79 Å². The van der Waals surface area contributed by atoms with E-state index in [0.717, 1.165) is 30.9 Å². The van der Waals surface area contributed by atoms with Gasteiger partial charge in [-0.05, 0) is 50.7 Å². The van der Waals surface area contributed by atoms with Crippen LogP contribution in [0.1, 0.15) is 56.8 Å². The lowest BCUT2D eigenvalue weighted by molar-refractivity contribution is 0.0856. The molecule has 0 saturated heterocycles. The molecule has 1 atom stereocenters. The smallest absolute Gasteiger partial charge is 0.167 e. The monoisotopic (exact) mass is 319 g/mol. The summed E-state index contributed by atoms with van der Waals surface area (Å²) in [7, 11) is 4.02. The van der Waals surface area contributed by atoms with Crippen molar-refractivity contribution in [2.75, 3.05) is 27.2 Å². The summed E-state index contributed by atoms with van der Waals surface area (Å²) in [5.41, 5.74) is 0.781. The summed E-state index contributed by atoms with van der Waals surface area (Å²) in [6.07, 6.45) is 4.81. The van der Waals surface area contributed by atoms with E-state index < -0.39 is 0 Å². The van der Waals surface area contributed by atoms with Crippen LogP contribution in [0.15, 0.2) is 24.3 Å². The summed E-state index contributed by atoms with van der Waals surface area (Å²) in [6, 6.07) is 7.63. The number of unbranched alkanes of at least 4 members (excludes halogenated alkanes) is 3. The van der Waals surface area contributed by atoms with Gasteiger partial charge in [-0.25, -0.2) is 0 Å². The maximum absolute atomic E-state index is 12.7. The molecule has 0 aliphatic carbocycles. The first kappa shape index (κ1) is 19.7. The first-order valence-electron chi connectivity index (χ1n) is 8.87. The van der Waals surface area contributed by atoms with Gasteiger partial charge in [0, 0.05) is 18.0 Å². The Balaban J connectivity index is 2.58. The largest absolute Gasteiger partial charge is 0.494 e. The highest BCUT2D eigenvalue weighted by Gasteiger charge is 2.23. The maximum atomic E-state index is 12.7. The van der Waals surface area contributed by atoms with Gasteiger partial charge in [-0.15, -0.1) is 0 Å². The summed E-state index contributed by atoms with van der Waals surface area (Å²) >= 11 is 0. The van der Waals surface area contributed by atoms with Crippen molar-refractivity contribution in [3.8, 4) is 5.75 Å². The van der Waals surface area contributed by atoms with Crippen LogP contribution in [-0.2, 0) is 0 Å². The van der Waals surface area contributed by atoms with Crippen LogP contribution in [0.5, 0.6) is 5.75 Å². The van der Waals surface area contributed by atoms with Gasteiger partial charge in [0.15, 0.2) is 5.78 Å². The summed E-state index contributed by atoms with van der Waals surface area (Å²) in [4.78, 5) is 14.8. The fourth-order valence-corrected chi connectivity index (χ4v) is 2.64. The molecule has 0 N–H and O–H groups in total. The number of hydrogen-bond acceptors (Lipinski definition) is 3. The van der Waals surface area contributed by atoms with E-state index in [1.54, 1.807) is 0 Å². The molecule has 0 amide bonds. The second kappa shape index (κ2) is 10.4. The Hall–Kier alpha value is -1.35. The van der Waals surface area contributed by atoms with Crippen LogP contribution in [0.25, 0.3) is 0 Å². The number of nitrogens with zero attached hydrogens (tertiary/aromatic N) is 1. The van der Waals surface area contributed by atoms with Crippen molar-refractivity contribution in [2.24, 2.45) is 11.8 Å². The van der Waals surface area contributed by atoms with Crippen LogP contribution in [0.4, 0.5) is 0 Å². The van der Waals surface area contributed by atoms with E-state index in [-0.39, 0.29) is 11.7 Å². The molecule has 3 nitrogen and oxygen atoms in total. The third kappa shape index (κ3) is 7.17. The number of rotatable bonds is 11. The van der Waals surface area contributed by atoms with Crippen LogP contribution >= 0.6 is 0 Å². The zero-order chi connectivity index (χ0) is 17.2. The second-order valence-corrected chi connectivity index (χ2v) is 6.91. The molecule has 23 heavy (non-hydrogen) atoms. The Morgan fingerprint density at radius 3 is 2.26 bits per heavy atom. The Labute approximate surface area is 142 Å². The van der Waals surface area contributed by atoms with Crippen LogP contribution in [0, 0.1) is 11.8 Å². The predicted molar refractivity (Wildman–Crippen MR) is 97.3 cm³/mol. The van der Waals surface area contributed by atoms with E-state index in [0.29, 0.717) is 5.92 Å². The molecule has 1 rings (SSSR count). The lowest BCUT2D eigenvalue weighted by atomic mass is 9.87. The summed E-state index contributed by atoms with van der Waals surface area (Å²) < 4.78 is 5.74. The molecule has 1 aromatic carbocycles. The molecule has 3 heteroatoms. The molecule has 1 unspecified atom stereocenters. The molecule has 0 aliphatic heterocycles. The minimum atomic E-state index is 0.0332. The topological polar surface area (TPSA) is 29.5 Å². The predicted octanol–water partition coefficient (Wildman–Crippen LogP) is 4.66. The zero-order valence-corrected chi connectivity index (χ0v) is 15.5. The van der Waals surface area contributed by atoms with Crippen LogP contribution in [0.2, 0.25) is 0 Å². The number of Topliss-reactive ketones (excluding diaryl/α,β-unsaturated/α-hetero) is 1. The molecule has 0 bridgehead atoms. The van der Waals surface area contributed by atoms with Crippen LogP contribution < -0.4 is 4.74 Å². The lowest BCUT2D eigenvalue weighted by Crippen LogP contribution is -2.31. The highest BCUT2D eigenvalue weighted by atomic mass is 16.5. The Morgan fingerprint density at radius 2 is 1.74 bits per heavy atom. The molecule has 0 saturated carbocycles. The molecule has 0 spiro atoms. The lowest BCUT2D eigenvalue weighted by Gasteiger charge is -2.23. The van der Waals surface area contributed by atoms with Crippen LogP contribution in [-0.4, -0.2) is 37.9 Å².